The smallest absolute Gasteiger partial charge is 0.325 e. The summed E-state index contributed by atoms with van der Waals surface area (Å²) in [6, 6.07) is 18.6. The molecule has 0 saturated carbocycles. The third-order valence-electron chi connectivity index (χ3n) is 7.30. The highest BCUT2D eigenvalue weighted by Gasteiger charge is 2.68. The molecule has 5 rings (SSSR count). The number of hydrogen-bond acceptors (Lipinski definition) is 8. The number of carbonyl (C=O) groups excluding carboxylic acids is 2. The van der Waals surface area contributed by atoms with E-state index in [0.29, 0.717) is 5.56 Å². The van der Waals surface area contributed by atoms with Gasteiger partial charge in [-0.3, -0.25) is 39.9 Å². The Morgan fingerprint density at radius 2 is 1.60 bits per heavy atom. The fourth-order valence-corrected chi connectivity index (χ4v) is 5.48. The summed E-state index contributed by atoms with van der Waals surface area (Å²) in [5, 5.41) is 36.0. The lowest BCUT2D eigenvalue weighted by Gasteiger charge is -2.31. The van der Waals surface area contributed by atoms with Crippen LogP contribution in [-0.2, 0) is 20.8 Å². The lowest BCUT2D eigenvalue weighted by atomic mass is 9.76. The molecule has 2 aliphatic heterocycles. The molecule has 2 heterocycles. The zero-order chi connectivity index (χ0) is 28.6. The van der Waals surface area contributed by atoms with Gasteiger partial charge >= 0.3 is 5.97 Å². The van der Waals surface area contributed by atoms with Gasteiger partial charge in [0.25, 0.3) is 11.4 Å². The molecular weight excluding hydrogens is 520 g/mol. The summed E-state index contributed by atoms with van der Waals surface area (Å²) in [4.78, 5) is 62.6. The van der Waals surface area contributed by atoms with Crippen molar-refractivity contribution in [1.82, 2.24) is 5.32 Å². The summed E-state index contributed by atoms with van der Waals surface area (Å²) in [5.74, 6) is -5.35. The molecule has 0 aliphatic carbocycles. The Balaban J connectivity index is 1.59. The van der Waals surface area contributed by atoms with Gasteiger partial charge in [-0.2, -0.15) is 0 Å². The van der Waals surface area contributed by atoms with Gasteiger partial charge in [-0.05, 0) is 17.2 Å². The minimum Gasteiger partial charge on any atom is -0.480 e. The van der Waals surface area contributed by atoms with Crippen LogP contribution in [0.3, 0.4) is 0 Å². The highest BCUT2D eigenvalue weighted by molar-refractivity contribution is 6.24. The van der Waals surface area contributed by atoms with E-state index in [9.17, 15) is 39.7 Å². The van der Waals surface area contributed by atoms with E-state index in [1.54, 1.807) is 12.2 Å². The van der Waals surface area contributed by atoms with Crippen molar-refractivity contribution in [3.8, 4) is 0 Å². The molecule has 0 bridgehead atoms. The molecule has 4 atom stereocenters. The molecule has 12 nitrogen and oxygen atoms in total. The number of amides is 2. The number of carbonyl (C=O) groups is 3. The van der Waals surface area contributed by atoms with Gasteiger partial charge < -0.3 is 5.11 Å². The topological polar surface area (TPSA) is 173 Å². The number of nitrogens with one attached hydrogen (secondary N) is 1. The van der Waals surface area contributed by atoms with Crippen LogP contribution in [0.25, 0.3) is 6.08 Å². The van der Waals surface area contributed by atoms with Gasteiger partial charge in [0.1, 0.15) is 5.54 Å². The van der Waals surface area contributed by atoms with Crippen LogP contribution in [-0.4, -0.2) is 44.3 Å². The number of carboxylic acids is 1. The maximum Gasteiger partial charge on any atom is 0.325 e. The number of aliphatic carboxylic acids is 1. The molecule has 2 amide bonds. The van der Waals surface area contributed by atoms with E-state index in [2.05, 4.69) is 5.32 Å². The zero-order valence-corrected chi connectivity index (χ0v) is 20.7. The number of hydrogen-bond donors (Lipinski definition) is 2. The SMILES string of the molecule is O=C1C2C(C=Cc3ccccc3)NC(Cc3ccc([N+](=O)[O-])cc3)(C(=O)O)C2C(=O)N1c1cccc([N+](=O)[O-])c1. The Hall–Kier alpha value is -5.23. The molecule has 0 radical (unpaired) electrons. The maximum absolute atomic E-state index is 13.9. The highest BCUT2D eigenvalue weighted by atomic mass is 16.6. The first-order valence-electron chi connectivity index (χ1n) is 12.2. The molecule has 2 N–H and O–H groups in total. The molecule has 0 spiro atoms. The van der Waals surface area contributed by atoms with Crippen LogP contribution in [0.15, 0.2) is 84.9 Å². The van der Waals surface area contributed by atoms with Gasteiger partial charge in [0.15, 0.2) is 0 Å². The van der Waals surface area contributed by atoms with Crippen molar-refractivity contribution in [1.29, 1.82) is 0 Å². The Labute approximate surface area is 226 Å². The molecule has 40 heavy (non-hydrogen) atoms. The average molecular weight is 543 g/mol. The standard InChI is InChI=1S/C28H22N4O8/c33-25-23-22(14-11-17-5-2-1-3-6-17)29-28(27(35)36,16-18-9-12-19(13-10-18)31(37)38)24(23)26(34)30(25)20-7-4-8-21(15-20)32(39)40/h1-15,22-24,29H,16H2,(H,35,36). The van der Waals surface area contributed by atoms with Crippen molar-refractivity contribution in [2.45, 2.75) is 18.0 Å². The van der Waals surface area contributed by atoms with Gasteiger partial charge in [0, 0.05) is 36.7 Å². The van der Waals surface area contributed by atoms with E-state index in [0.717, 1.165) is 16.5 Å². The number of nitro benzene ring substituents is 2. The average Bonchev–Trinajstić information content (AvgIpc) is 3.41. The lowest BCUT2D eigenvalue weighted by Crippen LogP contribution is -2.58. The molecule has 2 fully saturated rings. The van der Waals surface area contributed by atoms with Crippen molar-refractivity contribution < 1.29 is 29.3 Å². The van der Waals surface area contributed by atoms with Crippen molar-refractivity contribution in [3.05, 3.63) is 116 Å². The molecule has 4 unspecified atom stereocenters. The monoisotopic (exact) mass is 542 g/mol. The molecule has 3 aromatic carbocycles. The summed E-state index contributed by atoms with van der Waals surface area (Å²) in [6.45, 7) is 0. The fourth-order valence-electron chi connectivity index (χ4n) is 5.48. The Morgan fingerprint density at radius 1 is 0.925 bits per heavy atom. The second kappa shape index (κ2) is 10.2. The van der Waals surface area contributed by atoms with Crippen LogP contribution in [0.4, 0.5) is 17.1 Å². The number of anilines is 1. The number of rotatable bonds is 8. The van der Waals surface area contributed by atoms with Crippen molar-refractivity contribution in [2.75, 3.05) is 4.90 Å². The molecule has 12 heteroatoms. The third-order valence-corrected chi connectivity index (χ3v) is 7.30. The molecule has 2 saturated heterocycles. The van der Waals surface area contributed by atoms with E-state index in [-0.39, 0.29) is 23.5 Å². The van der Waals surface area contributed by atoms with Crippen LogP contribution < -0.4 is 10.2 Å². The number of non-ortho nitro benzene ring substituents is 2. The predicted molar refractivity (Wildman–Crippen MR) is 142 cm³/mol. The Bertz CT molecular complexity index is 1560. The van der Waals surface area contributed by atoms with Gasteiger partial charge in [0.05, 0.1) is 27.4 Å². The largest absolute Gasteiger partial charge is 0.480 e. The predicted octanol–water partition coefficient (Wildman–Crippen LogP) is 3.36. The summed E-state index contributed by atoms with van der Waals surface area (Å²) < 4.78 is 0. The maximum atomic E-state index is 13.9. The van der Waals surface area contributed by atoms with Crippen LogP contribution in [0.1, 0.15) is 11.1 Å². The fraction of sp³-hybridized carbons (Fsp3) is 0.179. The van der Waals surface area contributed by atoms with E-state index in [4.69, 9.17) is 0 Å². The first-order valence-corrected chi connectivity index (χ1v) is 12.2. The minimum absolute atomic E-state index is 0.0287. The van der Waals surface area contributed by atoms with Gasteiger partial charge in [0.2, 0.25) is 11.8 Å². The van der Waals surface area contributed by atoms with Gasteiger partial charge in [-0.15, -0.1) is 0 Å². The number of carboxylic acid groups (broad SMARTS) is 1. The van der Waals surface area contributed by atoms with E-state index in [1.165, 1.54) is 42.5 Å². The lowest BCUT2D eigenvalue weighted by molar-refractivity contribution is -0.385. The normalized spacial score (nSPS) is 23.9. The van der Waals surface area contributed by atoms with E-state index >= 15 is 0 Å². The summed E-state index contributed by atoms with van der Waals surface area (Å²) in [7, 11) is 0. The second-order valence-electron chi connectivity index (χ2n) is 9.61. The first kappa shape index (κ1) is 26.4. The minimum atomic E-state index is -1.95. The number of fused-ring (bicyclic) bond motifs is 1. The third kappa shape index (κ3) is 4.50. The van der Waals surface area contributed by atoms with Crippen molar-refractivity contribution >= 4 is 40.9 Å². The molecule has 0 aromatic heterocycles. The van der Waals surface area contributed by atoms with Crippen LogP contribution >= 0.6 is 0 Å². The van der Waals surface area contributed by atoms with Crippen LogP contribution in [0.5, 0.6) is 0 Å². The van der Waals surface area contributed by atoms with Gasteiger partial charge in [-0.25, -0.2) is 4.90 Å². The van der Waals surface area contributed by atoms with Crippen LogP contribution in [0, 0.1) is 32.1 Å². The number of imide groups is 1. The zero-order valence-electron chi connectivity index (χ0n) is 20.7. The number of nitrogens with zero attached hydrogens (tertiary/aromatic N) is 3. The molecule has 2 aliphatic rings. The number of benzene rings is 3. The molecule has 202 valence electrons. The van der Waals surface area contributed by atoms with Crippen molar-refractivity contribution in [3.63, 3.8) is 0 Å². The highest BCUT2D eigenvalue weighted by Crippen LogP contribution is 2.46. The summed E-state index contributed by atoms with van der Waals surface area (Å²) >= 11 is 0. The quantitative estimate of drug-likeness (QED) is 0.246. The first-order chi connectivity index (χ1) is 19.1. The second-order valence-corrected chi connectivity index (χ2v) is 9.61. The van der Waals surface area contributed by atoms with Gasteiger partial charge in [-0.1, -0.05) is 60.7 Å². The van der Waals surface area contributed by atoms with Crippen LogP contribution in [0.2, 0.25) is 0 Å². The van der Waals surface area contributed by atoms with E-state index < -0.39 is 51.0 Å². The summed E-state index contributed by atoms with van der Waals surface area (Å²) in [5.41, 5.74) is -1.30. The van der Waals surface area contributed by atoms with Crippen molar-refractivity contribution in [2.24, 2.45) is 11.8 Å². The number of nitro groups is 2. The molecular formula is C28H22N4O8. The Kier molecular flexibility index (Phi) is 6.69. The Morgan fingerprint density at radius 3 is 2.23 bits per heavy atom. The molecule has 3 aromatic rings. The summed E-state index contributed by atoms with van der Waals surface area (Å²) in [6.07, 6.45) is 3.10. The van der Waals surface area contributed by atoms with E-state index in [1.807, 2.05) is 30.3 Å².